The van der Waals surface area contributed by atoms with Crippen LogP contribution in [0.15, 0.2) is 59.6 Å². The smallest absolute Gasteiger partial charge is 0.0721 e. The number of rotatable bonds is 4. The van der Waals surface area contributed by atoms with E-state index >= 15 is 0 Å². The minimum Gasteiger partial charge on any atom is -0.294 e. The number of hydrogen-bond donors (Lipinski definition) is 0. The molecule has 23 heavy (non-hydrogen) atoms. The highest BCUT2D eigenvalue weighted by molar-refractivity contribution is 9.10. The Morgan fingerprint density at radius 3 is 3.04 bits per heavy atom. The summed E-state index contributed by atoms with van der Waals surface area (Å²) in [5.41, 5.74) is 4.29. The maximum atomic E-state index is 6.68. The van der Waals surface area contributed by atoms with Crippen molar-refractivity contribution in [1.82, 2.24) is 9.88 Å². The minimum absolute atomic E-state index is 0.810. The van der Waals surface area contributed by atoms with Crippen LogP contribution in [0.4, 0.5) is 0 Å². The monoisotopic (exact) mass is 388 g/mol. The number of hydrogen-bond acceptors (Lipinski definition) is 2. The summed E-state index contributed by atoms with van der Waals surface area (Å²) in [6.07, 6.45) is 6.60. The van der Waals surface area contributed by atoms with Crippen LogP contribution in [-0.2, 0) is 13.0 Å². The van der Waals surface area contributed by atoms with E-state index in [0.717, 1.165) is 63.3 Å². The highest BCUT2D eigenvalue weighted by Gasteiger charge is 2.21. The summed E-state index contributed by atoms with van der Waals surface area (Å²) < 4.78 is 1.02. The van der Waals surface area contributed by atoms with Gasteiger partial charge in [-0.25, -0.2) is 0 Å². The van der Waals surface area contributed by atoms with Crippen LogP contribution in [0.1, 0.15) is 11.3 Å². The molecule has 0 atom stereocenters. The van der Waals surface area contributed by atoms with E-state index in [2.05, 4.69) is 34.0 Å². The van der Waals surface area contributed by atoms with Crippen molar-refractivity contribution < 1.29 is 0 Å². The van der Waals surface area contributed by atoms with Gasteiger partial charge in [0, 0.05) is 47.2 Å². The van der Waals surface area contributed by atoms with Gasteiger partial charge in [0.15, 0.2) is 0 Å². The molecule has 3 rings (SSSR count). The molecule has 0 saturated carbocycles. The van der Waals surface area contributed by atoms with Crippen molar-refractivity contribution in [1.29, 1.82) is 0 Å². The third kappa shape index (κ3) is 3.57. The first-order valence-corrected chi connectivity index (χ1v) is 8.71. The molecule has 0 N–H and O–H groups in total. The Balaban J connectivity index is 1.89. The number of halogens is 2. The fraction of sp³-hybridized carbons (Fsp3) is 0.211. The number of aromatic nitrogens is 1. The molecule has 0 amide bonds. The Morgan fingerprint density at radius 2 is 2.26 bits per heavy atom. The largest absolute Gasteiger partial charge is 0.294 e. The number of benzene rings is 1. The molecule has 2 nitrogen and oxygen atoms in total. The van der Waals surface area contributed by atoms with Gasteiger partial charge in [-0.15, -0.1) is 0 Å². The molecule has 0 aliphatic carbocycles. The van der Waals surface area contributed by atoms with Crippen LogP contribution in [0.2, 0.25) is 5.02 Å². The van der Waals surface area contributed by atoms with Crippen molar-refractivity contribution in [3.05, 3.63) is 75.9 Å². The van der Waals surface area contributed by atoms with E-state index in [0.29, 0.717) is 0 Å². The second-order valence-corrected chi connectivity index (χ2v) is 7.02. The lowest BCUT2D eigenvalue weighted by molar-refractivity contribution is 0.276. The molecule has 0 saturated heterocycles. The van der Waals surface area contributed by atoms with Crippen LogP contribution in [0, 0.1) is 0 Å². The third-order valence-electron chi connectivity index (χ3n) is 4.01. The number of nitrogens with zero attached hydrogens (tertiary/aromatic N) is 2. The van der Waals surface area contributed by atoms with E-state index in [1.54, 1.807) is 6.08 Å². The molecular formula is C19H18BrClN2. The molecular weight excluding hydrogens is 372 g/mol. The first-order valence-electron chi connectivity index (χ1n) is 7.54. The lowest BCUT2D eigenvalue weighted by atomic mass is 10.0. The van der Waals surface area contributed by atoms with Crippen molar-refractivity contribution >= 4 is 38.4 Å². The first kappa shape index (κ1) is 16.4. The van der Waals surface area contributed by atoms with Gasteiger partial charge in [0.2, 0.25) is 0 Å². The molecule has 1 aromatic heterocycles. The number of fused-ring (bicyclic) bond motifs is 2. The molecule has 2 aromatic rings. The molecule has 0 unspecified atom stereocenters. The quantitative estimate of drug-likeness (QED) is 0.659. The summed E-state index contributed by atoms with van der Waals surface area (Å²) in [6.45, 7) is 10.4. The van der Waals surface area contributed by atoms with Gasteiger partial charge in [-0.05, 0) is 23.8 Å². The summed E-state index contributed by atoms with van der Waals surface area (Å²) in [5.74, 6) is 0. The zero-order valence-electron chi connectivity index (χ0n) is 12.9. The van der Waals surface area contributed by atoms with E-state index in [9.17, 15) is 0 Å². The predicted molar refractivity (Wildman–Crippen MR) is 102 cm³/mol. The first-order chi connectivity index (χ1) is 11.1. The Labute approximate surface area is 150 Å². The summed E-state index contributed by atoms with van der Waals surface area (Å²) in [5, 5.41) is 1.83. The second kappa shape index (κ2) is 7.00. The van der Waals surface area contributed by atoms with Crippen LogP contribution in [0.3, 0.4) is 0 Å². The lowest BCUT2D eigenvalue weighted by Crippen LogP contribution is -2.32. The predicted octanol–water partition coefficient (Wildman–Crippen LogP) is 5.31. The normalized spacial score (nSPS) is 15.0. The summed E-state index contributed by atoms with van der Waals surface area (Å²) in [6, 6.07) is 6.05. The maximum absolute atomic E-state index is 6.68. The Hall–Kier alpha value is -1.42. The second-order valence-electron chi connectivity index (χ2n) is 5.73. The fourth-order valence-corrected chi connectivity index (χ4v) is 3.58. The average molecular weight is 390 g/mol. The van der Waals surface area contributed by atoms with Gasteiger partial charge in [0.05, 0.1) is 10.5 Å². The van der Waals surface area contributed by atoms with Crippen LogP contribution in [-0.4, -0.2) is 23.0 Å². The Morgan fingerprint density at radius 1 is 1.43 bits per heavy atom. The molecule has 0 spiro atoms. The SMILES string of the molecule is C=C/C=C\C(=C)CN1CCc2nc3ccc(Br)cc3c(Cl)c2C1. The fourth-order valence-electron chi connectivity index (χ4n) is 2.90. The molecule has 0 fully saturated rings. The maximum Gasteiger partial charge on any atom is 0.0721 e. The van der Waals surface area contributed by atoms with E-state index in [1.165, 1.54) is 0 Å². The summed E-state index contributed by atoms with van der Waals surface area (Å²) in [7, 11) is 0. The van der Waals surface area contributed by atoms with Crippen LogP contribution < -0.4 is 0 Å². The van der Waals surface area contributed by atoms with Gasteiger partial charge < -0.3 is 0 Å². The molecule has 4 heteroatoms. The van der Waals surface area contributed by atoms with Crippen LogP contribution >= 0.6 is 27.5 Å². The molecule has 1 aromatic carbocycles. The van der Waals surface area contributed by atoms with Gasteiger partial charge in [-0.3, -0.25) is 9.88 Å². The van der Waals surface area contributed by atoms with Crippen molar-refractivity contribution in [3.63, 3.8) is 0 Å². The van der Waals surface area contributed by atoms with Crippen molar-refractivity contribution in [2.24, 2.45) is 0 Å². The van der Waals surface area contributed by atoms with Crippen LogP contribution in [0.25, 0.3) is 10.9 Å². The van der Waals surface area contributed by atoms with Crippen molar-refractivity contribution in [2.75, 3.05) is 13.1 Å². The zero-order chi connectivity index (χ0) is 16.4. The molecule has 1 aliphatic rings. The van der Waals surface area contributed by atoms with Crippen molar-refractivity contribution in [2.45, 2.75) is 13.0 Å². The standard InChI is InChI=1S/C19H18BrClN2/c1-3-4-5-13(2)11-23-9-8-18-16(12-23)19(21)15-10-14(20)6-7-17(15)22-18/h3-7,10H,1-2,8-9,11-12H2/b5-4-. The molecule has 0 radical (unpaired) electrons. The molecule has 0 bridgehead atoms. The van der Waals surface area contributed by atoms with E-state index in [-0.39, 0.29) is 0 Å². The average Bonchev–Trinajstić information content (AvgIpc) is 2.54. The summed E-state index contributed by atoms with van der Waals surface area (Å²) in [4.78, 5) is 7.16. The van der Waals surface area contributed by atoms with Gasteiger partial charge in [-0.2, -0.15) is 0 Å². The van der Waals surface area contributed by atoms with Gasteiger partial charge in [-0.1, -0.05) is 58.9 Å². The highest BCUT2D eigenvalue weighted by Crippen LogP contribution is 2.33. The van der Waals surface area contributed by atoms with E-state index < -0.39 is 0 Å². The van der Waals surface area contributed by atoms with Crippen molar-refractivity contribution in [3.8, 4) is 0 Å². The molecule has 2 heterocycles. The van der Waals surface area contributed by atoms with Gasteiger partial charge in [0.25, 0.3) is 0 Å². The Bertz CT molecular complexity index is 811. The van der Waals surface area contributed by atoms with E-state index in [1.807, 2.05) is 30.4 Å². The molecule has 118 valence electrons. The minimum atomic E-state index is 0.810. The zero-order valence-corrected chi connectivity index (χ0v) is 15.2. The van der Waals surface area contributed by atoms with Crippen LogP contribution in [0.5, 0.6) is 0 Å². The topological polar surface area (TPSA) is 16.1 Å². The Kier molecular flexibility index (Phi) is 5.00. The number of allylic oxidation sites excluding steroid dienone is 2. The third-order valence-corrected chi connectivity index (χ3v) is 4.93. The highest BCUT2D eigenvalue weighted by atomic mass is 79.9. The van der Waals surface area contributed by atoms with Gasteiger partial charge >= 0.3 is 0 Å². The number of pyridine rings is 1. The molecule has 1 aliphatic heterocycles. The van der Waals surface area contributed by atoms with E-state index in [4.69, 9.17) is 16.6 Å². The lowest BCUT2D eigenvalue weighted by Gasteiger charge is -2.29. The van der Waals surface area contributed by atoms with Gasteiger partial charge in [0.1, 0.15) is 0 Å². The summed E-state index contributed by atoms with van der Waals surface area (Å²) >= 11 is 10.2.